The molecule has 4 heteroatoms. The van der Waals surface area contributed by atoms with Gasteiger partial charge in [0.05, 0.1) is 17.1 Å². The number of nitrogens with zero attached hydrogens (tertiary/aromatic N) is 3. The molecule has 0 aliphatic carbocycles. The molecule has 1 aromatic carbocycles. The van der Waals surface area contributed by atoms with Crippen molar-refractivity contribution in [3.05, 3.63) is 29.6 Å². The highest BCUT2D eigenvalue weighted by Gasteiger charge is 2.25. The molecule has 2 aromatic rings. The third-order valence-corrected chi connectivity index (χ3v) is 4.65. The zero-order chi connectivity index (χ0) is 14.8. The number of hydrogen-bond donors (Lipinski definition) is 1. The highest BCUT2D eigenvalue weighted by Crippen LogP contribution is 2.25. The van der Waals surface area contributed by atoms with Crippen molar-refractivity contribution >= 4 is 11.0 Å². The number of aromatic nitrogens is 2. The zero-order valence-corrected chi connectivity index (χ0v) is 13.4. The van der Waals surface area contributed by atoms with Crippen LogP contribution in [0.3, 0.4) is 0 Å². The summed E-state index contributed by atoms with van der Waals surface area (Å²) < 4.78 is 0. The number of hydrogen-bond acceptors (Lipinski definition) is 3. The van der Waals surface area contributed by atoms with Gasteiger partial charge < -0.3 is 9.88 Å². The van der Waals surface area contributed by atoms with Crippen molar-refractivity contribution in [1.29, 1.82) is 0 Å². The molecule has 1 aromatic heterocycles. The molecular weight excluding hydrogens is 260 g/mol. The van der Waals surface area contributed by atoms with E-state index in [4.69, 9.17) is 4.98 Å². The van der Waals surface area contributed by atoms with E-state index in [1.54, 1.807) is 0 Å². The van der Waals surface area contributed by atoms with E-state index in [-0.39, 0.29) is 0 Å². The normalized spacial score (nSPS) is 19.2. The first-order valence-electron chi connectivity index (χ1n) is 8.14. The van der Waals surface area contributed by atoms with E-state index in [2.05, 4.69) is 53.8 Å². The summed E-state index contributed by atoms with van der Waals surface area (Å²) in [6, 6.07) is 6.85. The van der Waals surface area contributed by atoms with Crippen molar-refractivity contribution in [2.24, 2.45) is 0 Å². The van der Waals surface area contributed by atoms with Crippen molar-refractivity contribution in [3.63, 3.8) is 0 Å². The Bertz CT molecular complexity index is 596. The van der Waals surface area contributed by atoms with Gasteiger partial charge in [-0.1, -0.05) is 19.9 Å². The van der Waals surface area contributed by atoms with Crippen LogP contribution in [0.2, 0.25) is 0 Å². The van der Waals surface area contributed by atoms with Crippen molar-refractivity contribution < 1.29 is 0 Å². The van der Waals surface area contributed by atoms with Gasteiger partial charge in [0.2, 0.25) is 0 Å². The summed E-state index contributed by atoms with van der Waals surface area (Å²) >= 11 is 0. The minimum Gasteiger partial charge on any atom is -0.341 e. The van der Waals surface area contributed by atoms with Crippen LogP contribution in [0.5, 0.6) is 0 Å². The van der Waals surface area contributed by atoms with Gasteiger partial charge in [0, 0.05) is 26.2 Å². The molecule has 0 saturated carbocycles. The number of fused-ring (bicyclic) bond motifs is 1. The van der Waals surface area contributed by atoms with Gasteiger partial charge in [0.1, 0.15) is 5.82 Å². The van der Waals surface area contributed by atoms with Gasteiger partial charge in [-0.3, -0.25) is 4.90 Å². The van der Waals surface area contributed by atoms with Crippen LogP contribution in [0, 0.1) is 6.92 Å². The van der Waals surface area contributed by atoms with Gasteiger partial charge in [-0.2, -0.15) is 0 Å². The second-order valence-corrected chi connectivity index (χ2v) is 6.04. The van der Waals surface area contributed by atoms with Crippen molar-refractivity contribution in [1.82, 2.24) is 19.8 Å². The topological polar surface area (TPSA) is 35.2 Å². The molecule has 0 bridgehead atoms. The Balaban J connectivity index is 1.81. The fraction of sp³-hybridized carbons (Fsp3) is 0.588. The molecule has 114 valence electrons. The lowest BCUT2D eigenvalue weighted by Crippen LogP contribution is -2.47. The predicted octanol–water partition coefficient (Wildman–Crippen LogP) is 2.96. The Kier molecular flexibility index (Phi) is 4.27. The number of likely N-dealkylation sites (N-methyl/N-ethyl adjacent to an activating group) is 1. The molecule has 3 rings (SSSR count). The number of rotatable bonds is 4. The molecule has 21 heavy (non-hydrogen) atoms. The van der Waals surface area contributed by atoms with Gasteiger partial charge in [0.15, 0.2) is 0 Å². The summed E-state index contributed by atoms with van der Waals surface area (Å²) in [5, 5.41) is 0. The Morgan fingerprint density at radius 1 is 1.19 bits per heavy atom. The summed E-state index contributed by atoms with van der Waals surface area (Å²) in [5.41, 5.74) is 3.53. The highest BCUT2D eigenvalue weighted by atomic mass is 15.3. The van der Waals surface area contributed by atoms with Crippen LogP contribution < -0.4 is 0 Å². The molecule has 2 heterocycles. The Labute approximate surface area is 127 Å². The standard InChI is InChI=1S/C17H26N4/c1-4-16(21-10-8-20(5-2)9-11-21)17-18-14-7-6-13(3)12-15(14)19-17/h6-7,12,16H,4-5,8-11H2,1-3H3,(H,18,19). The van der Waals surface area contributed by atoms with Crippen LogP contribution in [0.1, 0.15) is 37.7 Å². The number of benzene rings is 1. The second kappa shape index (κ2) is 6.16. The highest BCUT2D eigenvalue weighted by molar-refractivity contribution is 5.75. The average molecular weight is 286 g/mol. The minimum atomic E-state index is 0.414. The first kappa shape index (κ1) is 14.5. The summed E-state index contributed by atoms with van der Waals surface area (Å²) in [6.07, 6.45) is 1.10. The molecule has 1 N–H and O–H groups in total. The van der Waals surface area contributed by atoms with Crippen molar-refractivity contribution in [3.8, 4) is 0 Å². The number of aryl methyl sites for hydroxylation is 1. The maximum Gasteiger partial charge on any atom is 0.124 e. The predicted molar refractivity (Wildman–Crippen MR) is 87.5 cm³/mol. The molecule has 1 saturated heterocycles. The number of aromatic amines is 1. The quantitative estimate of drug-likeness (QED) is 0.938. The minimum absolute atomic E-state index is 0.414. The molecule has 4 nitrogen and oxygen atoms in total. The largest absolute Gasteiger partial charge is 0.341 e. The van der Waals surface area contributed by atoms with Gasteiger partial charge in [-0.15, -0.1) is 0 Å². The molecule has 1 aliphatic heterocycles. The van der Waals surface area contributed by atoms with Crippen LogP contribution in [-0.2, 0) is 0 Å². The van der Waals surface area contributed by atoms with E-state index in [9.17, 15) is 0 Å². The summed E-state index contributed by atoms with van der Waals surface area (Å²) in [7, 11) is 0. The van der Waals surface area contributed by atoms with Crippen LogP contribution in [-0.4, -0.2) is 52.5 Å². The van der Waals surface area contributed by atoms with Gasteiger partial charge in [-0.25, -0.2) is 4.98 Å². The first-order valence-corrected chi connectivity index (χ1v) is 8.14. The van der Waals surface area contributed by atoms with E-state index in [0.29, 0.717) is 6.04 Å². The van der Waals surface area contributed by atoms with E-state index in [1.165, 1.54) is 18.7 Å². The van der Waals surface area contributed by atoms with E-state index in [0.717, 1.165) is 42.9 Å². The number of imidazole rings is 1. The molecule has 1 unspecified atom stereocenters. The molecule has 1 aliphatic rings. The third kappa shape index (κ3) is 2.97. The van der Waals surface area contributed by atoms with Crippen LogP contribution >= 0.6 is 0 Å². The average Bonchev–Trinajstić information content (AvgIpc) is 2.91. The van der Waals surface area contributed by atoms with Crippen molar-refractivity contribution in [2.75, 3.05) is 32.7 Å². The van der Waals surface area contributed by atoms with Gasteiger partial charge in [0.25, 0.3) is 0 Å². The van der Waals surface area contributed by atoms with Gasteiger partial charge in [-0.05, 0) is 37.6 Å². The Morgan fingerprint density at radius 2 is 1.95 bits per heavy atom. The number of piperazine rings is 1. The lowest BCUT2D eigenvalue weighted by molar-refractivity contribution is 0.0940. The maximum absolute atomic E-state index is 4.83. The molecule has 0 amide bonds. The van der Waals surface area contributed by atoms with E-state index in [1.807, 2.05) is 0 Å². The monoisotopic (exact) mass is 286 g/mol. The first-order chi connectivity index (χ1) is 10.2. The molecule has 1 fully saturated rings. The summed E-state index contributed by atoms with van der Waals surface area (Å²) in [6.45, 7) is 12.4. The second-order valence-electron chi connectivity index (χ2n) is 6.04. The lowest BCUT2D eigenvalue weighted by Gasteiger charge is -2.37. The molecule has 1 atom stereocenters. The Morgan fingerprint density at radius 3 is 2.62 bits per heavy atom. The fourth-order valence-electron chi connectivity index (χ4n) is 3.32. The fourth-order valence-corrected chi connectivity index (χ4v) is 3.32. The van der Waals surface area contributed by atoms with Crippen LogP contribution in [0.25, 0.3) is 11.0 Å². The lowest BCUT2D eigenvalue weighted by atomic mass is 10.1. The summed E-state index contributed by atoms with van der Waals surface area (Å²) in [4.78, 5) is 13.5. The number of nitrogens with one attached hydrogen (secondary N) is 1. The van der Waals surface area contributed by atoms with Crippen LogP contribution in [0.4, 0.5) is 0 Å². The SMILES string of the molecule is CCC(c1nc2ccc(C)cc2[nH]1)N1CCN(CC)CC1. The maximum atomic E-state index is 4.83. The van der Waals surface area contributed by atoms with E-state index < -0.39 is 0 Å². The Hall–Kier alpha value is -1.39. The third-order valence-electron chi connectivity index (χ3n) is 4.65. The molecular formula is C17H26N4. The van der Waals surface area contributed by atoms with Gasteiger partial charge >= 0.3 is 0 Å². The van der Waals surface area contributed by atoms with E-state index >= 15 is 0 Å². The number of H-pyrrole nitrogens is 1. The molecule has 0 radical (unpaired) electrons. The molecule has 0 spiro atoms. The summed E-state index contributed by atoms with van der Waals surface area (Å²) in [5.74, 6) is 1.13. The van der Waals surface area contributed by atoms with Crippen molar-refractivity contribution in [2.45, 2.75) is 33.2 Å². The van der Waals surface area contributed by atoms with Crippen LogP contribution in [0.15, 0.2) is 18.2 Å². The smallest absolute Gasteiger partial charge is 0.124 e. The zero-order valence-electron chi connectivity index (χ0n) is 13.4.